The number of esters is 1. The zero-order chi connectivity index (χ0) is 65.1. The molecule has 5 aromatic rings. The first-order valence-electron chi connectivity index (χ1n) is 30.6. The zero-order valence-electron chi connectivity index (χ0n) is 53.8. The molecule has 0 radical (unpaired) electrons. The van der Waals surface area contributed by atoms with Crippen LogP contribution in [0.4, 0.5) is 4.79 Å². The number of carbonyl (C=O) groups excluding carboxylic acids is 7. The summed E-state index contributed by atoms with van der Waals surface area (Å²) in [4.78, 5) is 102. The van der Waals surface area contributed by atoms with Crippen LogP contribution in [0, 0.1) is 16.2 Å². The van der Waals surface area contributed by atoms with E-state index in [9.17, 15) is 38.7 Å². The van der Waals surface area contributed by atoms with Gasteiger partial charge in [-0.15, -0.1) is 0 Å². The Morgan fingerprint density at radius 3 is 2.04 bits per heavy atom. The number of ether oxygens (including phenoxy) is 4. The van der Waals surface area contributed by atoms with Crippen LogP contribution in [0.1, 0.15) is 130 Å². The van der Waals surface area contributed by atoms with E-state index in [2.05, 4.69) is 31.7 Å². The van der Waals surface area contributed by atoms with Gasteiger partial charge in [0, 0.05) is 43.7 Å². The molecule has 1 fully saturated rings. The van der Waals surface area contributed by atoms with E-state index in [1.165, 1.54) is 11.8 Å². The van der Waals surface area contributed by atoms with E-state index in [-0.39, 0.29) is 45.1 Å². The van der Waals surface area contributed by atoms with Crippen molar-refractivity contribution >= 4 is 41.4 Å². The number of nitrogens with zero attached hydrogens (tertiary/aromatic N) is 3. The maximum Gasteiger partial charge on any atom is 0.329 e. The number of hydrogen-bond acceptors (Lipinski definition) is 14. The summed E-state index contributed by atoms with van der Waals surface area (Å²) in [5.41, 5.74) is 5.36. The van der Waals surface area contributed by atoms with Gasteiger partial charge in [-0.2, -0.15) is 0 Å². The number of aliphatic hydroxyl groups is 1. The fraction of sp³-hybridized carbons (Fsp3) is 0.478. The summed E-state index contributed by atoms with van der Waals surface area (Å²) in [6.07, 6.45) is 2.75. The molecule has 2 heterocycles. The fourth-order valence-electron chi connectivity index (χ4n) is 10.4. The number of methoxy groups -OCH3 is 2. The quantitative estimate of drug-likeness (QED) is 0.0113. The van der Waals surface area contributed by atoms with Crippen LogP contribution in [0.5, 0.6) is 17.2 Å². The van der Waals surface area contributed by atoms with E-state index in [0.29, 0.717) is 61.3 Å². The molecule has 0 saturated carbocycles. The van der Waals surface area contributed by atoms with Crippen molar-refractivity contribution in [1.82, 2.24) is 41.6 Å². The Bertz CT molecular complexity index is 3170. The van der Waals surface area contributed by atoms with Crippen LogP contribution in [0.15, 0.2) is 121 Å². The number of aliphatic hydroxyl groups excluding tert-OH is 1. The van der Waals surface area contributed by atoms with Gasteiger partial charge in [0.2, 0.25) is 17.6 Å². The Hall–Kier alpha value is -8.36. The van der Waals surface area contributed by atoms with Gasteiger partial charge in [-0.05, 0) is 114 Å². The molecule has 0 unspecified atom stereocenters. The average Bonchev–Trinajstić information content (AvgIpc) is 3.69. The Morgan fingerprint density at radius 1 is 0.730 bits per heavy atom. The van der Waals surface area contributed by atoms with E-state index < -0.39 is 88.1 Å². The number of aromatic nitrogens is 1. The number of urea groups is 1. The monoisotopic (exact) mass is 1220 g/mol. The van der Waals surface area contributed by atoms with Crippen molar-refractivity contribution in [3.05, 3.63) is 144 Å². The van der Waals surface area contributed by atoms with Gasteiger partial charge in [0.25, 0.3) is 11.8 Å². The summed E-state index contributed by atoms with van der Waals surface area (Å²) in [7, 11) is 3.11. The lowest BCUT2D eigenvalue weighted by Gasteiger charge is -2.36. The summed E-state index contributed by atoms with van der Waals surface area (Å²) in [5, 5.41) is 25.3. The minimum absolute atomic E-state index is 0.00864. The SMILES string of the molecule is CCC(C)(C)C(=O)C(=O)N1CCCC[C@H]1C(=O)O[C@H](CCc1ccc(OC)c(OC)c1)c1cccc(OCCNC(=O)N[C@H](C(=O)N[C@@H](Cc2ccccc2)[C@@H](O)CN(Cc2ccc(-c3ccccn3)cc2)NC(=O)[C@@H](NC(C)=O)C(C)(C)C)C(C)(C)C)c1. The number of hydrogen-bond donors (Lipinski definition) is 6. The number of hydrazine groups is 1. The van der Waals surface area contributed by atoms with Crippen molar-refractivity contribution in [2.45, 2.75) is 157 Å². The van der Waals surface area contributed by atoms with Crippen LogP contribution in [-0.4, -0.2) is 132 Å². The number of carbonyl (C=O) groups is 7. The van der Waals surface area contributed by atoms with Crippen molar-refractivity contribution in [3.63, 3.8) is 0 Å². The van der Waals surface area contributed by atoms with Gasteiger partial charge in [0.15, 0.2) is 11.5 Å². The normalized spacial score (nSPS) is 15.3. The number of aryl methyl sites for hydroxylation is 1. The summed E-state index contributed by atoms with van der Waals surface area (Å²) >= 11 is 0. The molecule has 89 heavy (non-hydrogen) atoms. The van der Waals surface area contributed by atoms with Crippen LogP contribution in [-0.2, 0) is 52.9 Å². The zero-order valence-corrected chi connectivity index (χ0v) is 53.8. The van der Waals surface area contributed by atoms with E-state index in [1.807, 2.05) is 139 Å². The molecule has 1 aliphatic rings. The third-order valence-corrected chi connectivity index (χ3v) is 16.0. The molecule has 1 aliphatic heterocycles. The van der Waals surface area contributed by atoms with Gasteiger partial charge in [0.05, 0.1) is 38.6 Å². The number of ketones is 1. The maximum absolute atomic E-state index is 14.6. The number of piperidine rings is 1. The van der Waals surface area contributed by atoms with Gasteiger partial charge < -0.3 is 50.2 Å². The highest BCUT2D eigenvalue weighted by Crippen LogP contribution is 2.33. The largest absolute Gasteiger partial charge is 0.493 e. The molecule has 20 heteroatoms. The van der Waals surface area contributed by atoms with Crippen molar-refractivity contribution in [3.8, 4) is 28.5 Å². The molecule has 0 bridgehead atoms. The van der Waals surface area contributed by atoms with Gasteiger partial charge in [-0.1, -0.05) is 141 Å². The molecule has 20 nitrogen and oxygen atoms in total. The molecule has 6 atom stereocenters. The molecule has 6 amide bonds. The van der Waals surface area contributed by atoms with Crippen LogP contribution in [0.2, 0.25) is 0 Å². The Labute approximate surface area is 524 Å². The molecule has 0 aliphatic carbocycles. The van der Waals surface area contributed by atoms with Gasteiger partial charge in [-0.3, -0.25) is 34.4 Å². The summed E-state index contributed by atoms with van der Waals surface area (Å²) in [6.45, 7) is 17.9. The number of amides is 6. The summed E-state index contributed by atoms with van der Waals surface area (Å²) < 4.78 is 23.5. The van der Waals surface area contributed by atoms with E-state index >= 15 is 0 Å². The minimum Gasteiger partial charge on any atom is -0.493 e. The standard InChI is InChI=1S/C69H92N8O12/c1-13-69(9,10)61(80)64(83)77-38-20-18-27-54(77)65(84)89-56(34-30-47-31-35-57(86-11)58(41-47)87-12)50-24-21-25-51(42-50)88-39-37-71-66(85)74-59(67(3,4)5)62(81)73-53(40-46-22-15-14-16-23-46)55(79)44-76(75-63(82)60(68(6,7)8)72-45(2)78)43-48-28-32-49(33-29-48)52-26-17-19-36-70-52/h14-17,19,21-26,28-29,31-33,35-36,41-42,53-56,59-60,79H,13,18,20,27,30,34,37-40,43-44H2,1-12H3,(H,72,78)(H,73,81)(H,75,82)(H2,71,74,85)/t53-,54-,55-,56+,59+,60+/m0/s1. The van der Waals surface area contributed by atoms with Crippen LogP contribution in [0.3, 0.4) is 0 Å². The fourth-order valence-corrected chi connectivity index (χ4v) is 10.4. The topological polar surface area (TPSA) is 256 Å². The second-order valence-corrected chi connectivity index (χ2v) is 25.5. The first-order valence-corrected chi connectivity index (χ1v) is 30.6. The lowest BCUT2D eigenvalue weighted by molar-refractivity contribution is -0.164. The molecule has 480 valence electrons. The number of benzene rings is 4. The Morgan fingerprint density at radius 2 is 1.40 bits per heavy atom. The Kier molecular flexibility index (Phi) is 25.2. The highest BCUT2D eigenvalue weighted by atomic mass is 16.5. The number of nitrogens with one attached hydrogen (secondary N) is 5. The van der Waals surface area contributed by atoms with Gasteiger partial charge in [0.1, 0.15) is 36.6 Å². The molecule has 4 aromatic carbocycles. The van der Waals surface area contributed by atoms with Crippen molar-refractivity contribution in [1.29, 1.82) is 0 Å². The highest BCUT2D eigenvalue weighted by molar-refractivity contribution is 6.38. The predicted molar refractivity (Wildman–Crippen MR) is 340 cm³/mol. The molecule has 1 saturated heterocycles. The van der Waals surface area contributed by atoms with Crippen molar-refractivity contribution in [2.24, 2.45) is 16.2 Å². The predicted octanol–water partition coefficient (Wildman–Crippen LogP) is 8.63. The Balaban J connectivity index is 1.15. The van der Waals surface area contributed by atoms with Crippen molar-refractivity contribution in [2.75, 3.05) is 40.5 Å². The van der Waals surface area contributed by atoms with Crippen LogP contribution in [0.25, 0.3) is 11.3 Å². The number of Topliss-reactive ketones (excluding diaryl/α,β-unsaturated/α-hetero) is 1. The van der Waals surface area contributed by atoms with Gasteiger partial charge in [-0.25, -0.2) is 14.6 Å². The molecule has 0 spiro atoms. The smallest absolute Gasteiger partial charge is 0.329 e. The molecular formula is C69H92N8O12. The van der Waals surface area contributed by atoms with E-state index in [0.717, 1.165) is 27.9 Å². The van der Waals surface area contributed by atoms with E-state index in [4.69, 9.17) is 18.9 Å². The lowest BCUT2D eigenvalue weighted by Crippen LogP contribution is -2.61. The number of likely N-dealkylation sites (tertiary alicyclic amines) is 1. The van der Waals surface area contributed by atoms with Crippen LogP contribution >= 0.6 is 0 Å². The third-order valence-electron chi connectivity index (χ3n) is 16.0. The highest BCUT2D eigenvalue weighted by Gasteiger charge is 2.42. The molecule has 1 aromatic heterocycles. The molecule has 6 N–H and O–H groups in total. The van der Waals surface area contributed by atoms with E-state index in [1.54, 1.807) is 63.5 Å². The lowest BCUT2D eigenvalue weighted by atomic mass is 9.84. The van der Waals surface area contributed by atoms with Crippen LogP contribution < -0.4 is 40.9 Å². The van der Waals surface area contributed by atoms with Gasteiger partial charge >= 0.3 is 12.0 Å². The first-order chi connectivity index (χ1) is 42.2. The average molecular weight is 1230 g/mol. The molecular weight excluding hydrogens is 1130 g/mol. The number of pyridine rings is 1. The summed E-state index contributed by atoms with van der Waals surface area (Å²) in [6, 6.07) is 30.7. The maximum atomic E-state index is 14.6. The third kappa shape index (κ3) is 20.6. The second-order valence-electron chi connectivity index (χ2n) is 25.5. The second kappa shape index (κ2) is 32.2. The number of rotatable bonds is 29. The minimum atomic E-state index is -1.29. The van der Waals surface area contributed by atoms with Crippen molar-refractivity contribution < 1.29 is 57.6 Å². The summed E-state index contributed by atoms with van der Waals surface area (Å²) in [5.74, 6) is -1.74. The first kappa shape index (κ1) is 69.7. The molecule has 6 rings (SSSR count).